The van der Waals surface area contributed by atoms with Gasteiger partial charge in [0.1, 0.15) is 0 Å². The maximum atomic E-state index is 11.8. The van der Waals surface area contributed by atoms with E-state index in [0.29, 0.717) is 19.6 Å². The fraction of sp³-hybridized carbons (Fsp3) is 0.583. The molecule has 1 atom stereocenters. The number of hydrogen-bond donors (Lipinski definition) is 3. The topological polar surface area (TPSA) is 98.3 Å². The lowest BCUT2D eigenvalue weighted by Crippen LogP contribution is -2.56. The molecule has 1 aliphatic rings. The minimum Gasteiger partial charge on any atom is -0.481 e. The third-order valence-corrected chi connectivity index (χ3v) is 3.66. The van der Waals surface area contributed by atoms with Crippen molar-refractivity contribution in [3.63, 3.8) is 0 Å². The van der Waals surface area contributed by atoms with Gasteiger partial charge in [-0.15, -0.1) is 0 Å². The highest BCUT2D eigenvalue weighted by Crippen LogP contribution is 2.23. The molecule has 7 nitrogen and oxygen atoms in total. The third-order valence-electron chi connectivity index (χ3n) is 3.66. The van der Waals surface area contributed by atoms with Crippen LogP contribution in [0.2, 0.25) is 0 Å². The summed E-state index contributed by atoms with van der Waals surface area (Å²) in [6, 6.07) is -0.158. The minimum absolute atomic E-state index is 0.0545. The zero-order chi connectivity index (χ0) is 14.0. The van der Waals surface area contributed by atoms with Crippen LogP contribution in [0, 0.1) is 18.8 Å². The van der Waals surface area contributed by atoms with Crippen LogP contribution < -0.4 is 5.32 Å². The van der Waals surface area contributed by atoms with Crippen LogP contribution in [-0.2, 0) is 11.3 Å². The van der Waals surface area contributed by atoms with E-state index in [-0.39, 0.29) is 11.9 Å². The number of carboxylic acids is 1. The smallest absolute Gasteiger partial charge is 0.317 e. The van der Waals surface area contributed by atoms with Crippen LogP contribution >= 0.6 is 0 Å². The van der Waals surface area contributed by atoms with E-state index >= 15 is 0 Å². The van der Waals surface area contributed by atoms with Crippen molar-refractivity contribution in [2.24, 2.45) is 11.8 Å². The number of aliphatic carboxylic acids is 1. The largest absolute Gasteiger partial charge is 0.481 e. The van der Waals surface area contributed by atoms with Gasteiger partial charge in [-0.05, 0) is 6.92 Å². The Morgan fingerprint density at radius 1 is 1.63 bits per heavy atom. The van der Waals surface area contributed by atoms with Gasteiger partial charge in [0.05, 0.1) is 12.1 Å². The molecule has 0 bridgehead atoms. The van der Waals surface area contributed by atoms with Gasteiger partial charge in [-0.1, -0.05) is 6.92 Å². The normalized spacial score (nSPS) is 16.8. The van der Waals surface area contributed by atoms with Gasteiger partial charge in [0.15, 0.2) is 0 Å². The molecule has 0 aromatic carbocycles. The second-order valence-corrected chi connectivity index (χ2v) is 4.97. The first kappa shape index (κ1) is 13.4. The standard InChI is InChI=1S/C12H18N4O3/c1-7(11(17)18)10-5-16(6-10)12(19)13-3-9-4-14-15-8(9)2/h4,7,10H,3,5-6H2,1-2H3,(H,13,19)(H,14,15)(H,17,18). The molecule has 19 heavy (non-hydrogen) atoms. The Labute approximate surface area is 111 Å². The van der Waals surface area contributed by atoms with Gasteiger partial charge < -0.3 is 15.3 Å². The number of nitrogens with zero attached hydrogens (tertiary/aromatic N) is 2. The van der Waals surface area contributed by atoms with Crippen LogP contribution in [0.15, 0.2) is 6.20 Å². The summed E-state index contributed by atoms with van der Waals surface area (Å²) in [5, 5.41) is 18.3. The number of amides is 2. The highest BCUT2D eigenvalue weighted by molar-refractivity contribution is 5.76. The summed E-state index contributed by atoms with van der Waals surface area (Å²) >= 11 is 0. The van der Waals surface area contributed by atoms with E-state index in [0.717, 1.165) is 11.3 Å². The summed E-state index contributed by atoms with van der Waals surface area (Å²) in [6.45, 7) is 5.00. The summed E-state index contributed by atoms with van der Waals surface area (Å²) in [7, 11) is 0. The molecule has 0 radical (unpaired) electrons. The molecule has 1 fully saturated rings. The van der Waals surface area contributed by atoms with Crippen molar-refractivity contribution in [1.29, 1.82) is 0 Å². The van der Waals surface area contributed by atoms with Crippen molar-refractivity contribution in [2.75, 3.05) is 13.1 Å². The molecule has 0 spiro atoms. The highest BCUT2D eigenvalue weighted by atomic mass is 16.4. The van der Waals surface area contributed by atoms with Gasteiger partial charge in [-0.25, -0.2) is 4.79 Å². The highest BCUT2D eigenvalue weighted by Gasteiger charge is 2.37. The van der Waals surface area contributed by atoms with E-state index < -0.39 is 11.9 Å². The molecule has 7 heteroatoms. The Balaban J connectivity index is 1.75. The number of aryl methyl sites for hydroxylation is 1. The quantitative estimate of drug-likeness (QED) is 0.742. The summed E-state index contributed by atoms with van der Waals surface area (Å²) in [5.41, 5.74) is 1.88. The Kier molecular flexibility index (Phi) is 3.73. The van der Waals surface area contributed by atoms with E-state index in [4.69, 9.17) is 5.11 Å². The van der Waals surface area contributed by atoms with Gasteiger partial charge in [-0.3, -0.25) is 9.89 Å². The summed E-state index contributed by atoms with van der Waals surface area (Å²) in [6.07, 6.45) is 1.68. The molecule has 2 rings (SSSR count). The van der Waals surface area contributed by atoms with Crippen LogP contribution in [0.25, 0.3) is 0 Å². The van der Waals surface area contributed by atoms with Crippen LogP contribution in [0.5, 0.6) is 0 Å². The van der Waals surface area contributed by atoms with E-state index in [1.807, 2.05) is 6.92 Å². The number of rotatable bonds is 4. The Hall–Kier alpha value is -2.05. The molecule has 104 valence electrons. The van der Waals surface area contributed by atoms with E-state index in [1.54, 1.807) is 18.0 Å². The maximum Gasteiger partial charge on any atom is 0.317 e. The molecule has 1 aliphatic heterocycles. The molecular formula is C12H18N4O3. The number of nitrogens with one attached hydrogen (secondary N) is 2. The lowest BCUT2D eigenvalue weighted by atomic mass is 9.87. The third kappa shape index (κ3) is 2.86. The SMILES string of the molecule is Cc1[nH]ncc1CNC(=O)N1CC(C(C)C(=O)O)C1. The Bertz CT molecular complexity index is 479. The minimum atomic E-state index is -0.806. The number of carboxylic acid groups (broad SMARTS) is 1. The second-order valence-electron chi connectivity index (χ2n) is 4.97. The molecule has 1 aromatic heterocycles. The van der Waals surface area contributed by atoms with Gasteiger partial charge in [0.25, 0.3) is 0 Å². The van der Waals surface area contributed by atoms with Crippen molar-refractivity contribution >= 4 is 12.0 Å². The summed E-state index contributed by atoms with van der Waals surface area (Å²) in [5.74, 6) is -1.15. The van der Waals surface area contributed by atoms with E-state index in [1.165, 1.54) is 0 Å². The summed E-state index contributed by atoms with van der Waals surface area (Å²) < 4.78 is 0. The molecule has 1 aromatic rings. The molecule has 2 heterocycles. The van der Waals surface area contributed by atoms with Gasteiger partial charge in [0, 0.05) is 36.8 Å². The molecular weight excluding hydrogens is 248 g/mol. The van der Waals surface area contributed by atoms with Crippen molar-refractivity contribution in [3.05, 3.63) is 17.5 Å². The van der Waals surface area contributed by atoms with Crippen molar-refractivity contribution in [1.82, 2.24) is 20.4 Å². The maximum absolute atomic E-state index is 11.8. The fourth-order valence-electron chi connectivity index (χ4n) is 2.03. The van der Waals surface area contributed by atoms with Gasteiger partial charge in [0.2, 0.25) is 0 Å². The van der Waals surface area contributed by atoms with Crippen molar-refractivity contribution in [3.8, 4) is 0 Å². The van der Waals surface area contributed by atoms with Gasteiger partial charge >= 0.3 is 12.0 Å². The first-order valence-corrected chi connectivity index (χ1v) is 6.23. The molecule has 1 unspecified atom stereocenters. The summed E-state index contributed by atoms with van der Waals surface area (Å²) in [4.78, 5) is 24.2. The zero-order valence-corrected chi connectivity index (χ0v) is 11.0. The van der Waals surface area contributed by atoms with Crippen LogP contribution in [-0.4, -0.2) is 45.3 Å². The molecule has 1 saturated heterocycles. The van der Waals surface area contributed by atoms with E-state index in [2.05, 4.69) is 15.5 Å². The molecule has 0 aliphatic carbocycles. The molecule has 2 amide bonds. The zero-order valence-electron chi connectivity index (χ0n) is 11.0. The van der Waals surface area contributed by atoms with Crippen LogP contribution in [0.1, 0.15) is 18.2 Å². The number of hydrogen-bond acceptors (Lipinski definition) is 3. The van der Waals surface area contributed by atoms with Crippen LogP contribution in [0.4, 0.5) is 4.79 Å². The molecule has 0 saturated carbocycles. The number of aromatic amines is 1. The number of urea groups is 1. The number of H-pyrrole nitrogens is 1. The van der Waals surface area contributed by atoms with Crippen molar-refractivity contribution < 1.29 is 14.7 Å². The monoisotopic (exact) mass is 266 g/mol. The Morgan fingerprint density at radius 2 is 2.32 bits per heavy atom. The number of aromatic nitrogens is 2. The number of carbonyl (C=O) groups is 2. The predicted molar refractivity (Wildman–Crippen MR) is 67.4 cm³/mol. The van der Waals surface area contributed by atoms with Crippen molar-refractivity contribution in [2.45, 2.75) is 20.4 Å². The average molecular weight is 266 g/mol. The fourth-order valence-corrected chi connectivity index (χ4v) is 2.03. The number of carbonyl (C=O) groups excluding carboxylic acids is 1. The lowest BCUT2D eigenvalue weighted by molar-refractivity contribution is -0.144. The first-order chi connectivity index (χ1) is 8.99. The average Bonchev–Trinajstić information content (AvgIpc) is 2.70. The lowest BCUT2D eigenvalue weighted by Gasteiger charge is -2.41. The van der Waals surface area contributed by atoms with Gasteiger partial charge in [-0.2, -0.15) is 5.10 Å². The predicted octanol–water partition coefficient (Wildman–Crippen LogP) is 0.580. The van der Waals surface area contributed by atoms with Crippen LogP contribution in [0.3, 0.4) is 0 Å². The second kappa shape index (κ2) is 5.29. The molecule has 3 N–H and O–H groups in total. The first-order valence-electron chi connectivity index (χ1n) is 6.23. The number of likely N-dealkylation sites (tertiary alicyclic amines) is 1. The Morgan fingerprint density at radius 3 is 2.84 bits per heavy atom. The van der Waals surface area contributed by atoms with E-state index in [9.17, 15) is 9.59 Å².